The summed E-state index contributed by atoms with van der Waals surface area (Å²) in [4.78, 5) is 34.0. The first-order valence-corrected chi connectivity index (χ1v) is 8.93. The van der Waals surface area contributed by atoms with Crippen LogP contribution in [0.2, 0.25) is 0 Å². The summed E-state index contributed by atoms with van der Waals surface area (Å²) in [5, 5.41) is 13.5. The average molecular weight is 382 g/mol. The van der Waals surface area contributed by atoms with E-state index in [1.807, 2.05) is 37.3 Å². The van der Waals surface area contributed by atoms with Crippen molar-refractivity contribution in [3.8, 4) is 0 Å². The predicted octanol–water partition coefficient (Wildman–Crippen LogP) is 3.81. The highest BCUT2D eigenvalue weighted by Crippen LogP contribution is 2.18. The van der Waals surface area contributed by atoms with Gasteiger partial charge in [-0.2, -0.15) is 0 Å². The number of ether oxygens (including phenoxy) is 1. The Morgan fingerprint density at radius 2 is 1.82 bits per heavy atom. The smallest absolute Gasteiger partial charge is 0.331 e. The van der Waals surface area contributed by atoms with E-state index in [4.69, 9.17) is 4.74 Å². The van der Waals surface area contributed by atoms with E-state index in [0.29, 0.717) is 5.56 Å². The Kier molecular flexibility index (Phi) is 7.90. The van der Waals surface area contributed by atoms with Crippen molar-refractivity contribution in [3.05, 3.63) is 81.9 Å². The number of esters is 1. The zero-order chi connectivity index (χ0) is 20.4. The fourth-order valence-corrected chi connectivity index (χ4v) is 2.59. The minimum absolute atomic E-state index is 0.0311. The molecule has 2 aromatic carbocycles. The summed E-state index contributed by atoms with van der Waals surface area (Å²) in [5.41, 5.74) is 1.58. The van der Waals surface area contributed by atoms with Crippen LogP contribution in [-0.4, -0.2) is 23.4 Å². The van der Waals surface area contributed by atoms with Gasteiger partial charge in [0.05, 0.1) is 11.0 Å². The number of nitro groups is 1. The van der Waals surface area contributed by atoms with E-state index in [1.54, 1.807) is 0 Å². The first-order valence-electron chi connectivity index (χ1n) is 8.93. The lowest BCUT2D eigenvalue weighted by Crippen LogP contribution is -2.32. The number of amides is 1. The van der Waals surface area contributed by atoms with E-state index in [9.17, 15) is 19.7 Å². The molecule has 0 aliphatic rings. The van der Waals surface area contributed by atoms with Crippen molar-refractivity contribution in [1.82, 2.24) is 5.32 Å². The SMILES string of the molecule is CCC[C@@H](NC(=O)COC(=O)/C=C/c1ccc([N+](=O)[O-])cc1)c1ccccc1. The first kappa shape index (κ1) is 20.8. The lowest BCUT2D eigenvalue weighted by atomic mass is 10.0. The minimum atomic E-state index is -0.666. The second kappa shape index (κ2) is 10.6. The number of nitrogens with zero attached hydrogens (tertiary/aromatic N) is 1. The topological polar surface area (TPSA) is 98.5 Å². The molecule has 0 bridgehead atoms. The van der Waals surface area contributed by atoms with Gasteiger partial charge in [0, 0.05) is 18.2 Å². The van der Waals surface area contributed by atoms with Crippen molar-refractivity contribution in [2.24, 2.45) is 0 Å². The van der Waals surface area contributed by atoms with Gasteiger partial charge >= 0.3 is 5.97 Å². The zero-order valence-electron chi connectivity index (χ0n) is 15.5. The van der Waals surface area contributed by atoms with Crippen LogP contribution in [0.15, 0.2) is 60.7 Å². The maximum Gasteiger partial charge on any atom is 0.331 e. The summed E-state index contributed by atoms with van der Waals surface area (Å²) in [5.74, 6) is -1.04. The number of non-ortho nitro benzene ring substituents is 1. The Morgan fingerprint density at radius 3 is 2.43 bits per heavy atom. The Bertz CT molecular complexity index is 832. The molecule has 2 rings (SSSR count). The van der Waals surface area contributed by atoms with Gasteiger partial charge in [-0.3, -0.25) is 14.9 Å². The number of carbonyl (C=O) groups is 2. The molecule has 7 heteroatoms. The summed E-state index contributed by atoms with van der Waals surface area (Å²) in [6.07, 6.45) is 4.32. The van der Waals surface area contributed by atoms with Gasteiger partial charge in [0.25, 0.3) is 11.6 Å². The fraction of sp³-hybridized carbons (Fsp3) is 0.238. The van der Waals surface area contributed by atoms with Gasteiger partial charge in [0.1, 0.15) is 0 Å². The van der Waals surface area contributed by atoms with Crippen LogP contribution in [0, 0.1) is 10.1 Å². The second-order valence-corrected chi connectivity index (χ2v) is 6.11. The molecule has 0 aromatic heterocycles. The molecule has 7 nitrogen and oxygen atoms in total. The van der Waals surface area contributed by atoms with Gasteiger partial charge in [-0.05, 0) is 35.8 Å². The molecule has 1 N–H and O–H groups in total. The molecule has 0 aliphatic carbocycles. The van der Waals surface area contributed by atoms with Crippen molar-refractivity contribution in [2.45, 2.75) is 25.8 Å². The van der Waals surface area contributed by atoms with Gasteiger partial charge in [0.15, 0.2) is 6.61 Å². The van der Waals surface area contributed by atoms with Crippen molar-refractivity contribution >= 4 is 23.6 Å². The molecule has 0 spiro atoms. The quantitative estimate of drug-likeness (QED) is 0.308. The Labute approximate surface area is 163 Å². The Balaban J connectivity index is 1.84. The van der Waals surface area contributed by atoms with Gasteiger partial charge in [-0.25, -0.2) is 4.79 Å². The summed E-state index contributed by atoms with van der Waals surface area (Å²) in [6.45, 7) is 1.65. The lowest BCUT2D eigenvalue weighted by Gasteiger charge is -2.18. The molecule has 1 amide bonds. The van der Waals surface area contributed by atoms with Crippen molar-refractivity contribution in [2.75, 3.05) is 6.61 Å². The number of rotatable bonds is 9. The van der Waals surface area contributed by atoms with E-state index in [0.717, 1.165) is 18.4 Å². The fourth-order valence-electron chi connectivity index (χ4n) is 2.59. The van der Waals surface area contributed by atoms with E-state index in [2.05, 4.69) is 5.32 Å². The third-order valence-electron chi connectivity index (χ3n) is 3.98. The molecule has 0 unspecified atom stereocenters. The summed E-state index contributed by atoms with van der Waals surface area (Å²) in [7, 11) is 0. The highest BCUT2D eigenvalue weighted by molar-refractivity contribution is 5.89. The van der Waals surface area contributed by atoms with Crippen LogP contribution in [0.4, 0.5) is 5.69 Å². The zero-order valence-corrected chi connectivity index (χ0v) is 15.5. The van der Waals surface area contributed by atoms with Gasteiger partial charge in [-0.15, -0.1) is 0 Å². The molecule has 0 fully saturated rings. The largest absolute Gasteiger partial charge is 0.452 e. The number of carbonyl (C=O) groups excluding carboxylic acids is 2. The molecule has 0 saturated carbocycles. The molecule has 146 valence electrons. The third kappa shape index (κ3) is 6.68. The van der Waals surface area contributed by atoms with Crippen LogP contribution in [-0.2, 0) is 14.3 Å². The van der Waals surface area contributed by atoms with Crippen molar-refractivity contribution < 1.29 is 19.2 Å². The van der Waals surface area contributed by atoms with Crippen molar-refractivity contribution in [3.63, 3.8) is 0 Å². The normalized spacial score (nSPS) is 11.8. The van der Waals surface area contributed by atoms with Crippen LogP contribution in [0.3, 0.4) is 0 Å². The average Bonchev–Trinajstić information content (AvgIpc) is 2.71. The number of benzene rings is 2. The van der Waals surface area contributed by atoms with Gasteiger partial charge in [0.2, 0.25) is 0 Å². The third-order valence-corrected chi connectivity index (χ3v) is 3.98. The predicted molar refractivity (Wildman–Crippen MR) is 105 cm³/mol. The number of nitrogens with one attached hydrogen (secondary N) is 1. The van der Waals surface area contributed by atoms with E-state index in [1.165, 1.54) is 36.4 Å². The van der Waals surface area contributed by atoms with Crippen LogP contribution >= 0.6 is 0 Å². The summed E-state index contributed by atoms with van der Waals surface area (Å²) >= 11 is 0. The van der Waals surface area contributed by atoms with Gasteiger partial charge < -0.3 is 10.1 Å². The highest BCUT2D eigenvalue weighted by atomic mass is 16.6. The maximum absolute atomic E-state index is 12.1. The molecule has 0 aliphatic heterocycles. The molecule has 1 atom stereocenters. The lowest BCUT2D eigenvalue weighted by molar-refractivity contribution is -0.384. The van der Waals surface area contributed by atoms with E-state index in [-0.39, 0.29) is 24.2 Å². The van der Waals surface area contributed by atoms with Crippen LogP contribution in [0.5, 0.6) is 0 Å². The molecular weight excluding hydrogens is 360 g/mol. The van der Waals surface area contributed by atoms with E-state index < -0.39 is 10.9 Å². The monoisotopic (exact) mass is 382 g/mol. The first-order chi connectivity index (χ1) is 13.5. The highest BCUT2D eigenvalue weighted by Gasteiger charge is 2.14. The molecule has 2 aromatic rings. The molecule has 0 radical (unpaired) electrons. The molecule has 0 heterocycles. The van der Waals surface area contributed by atoms with Crippen molar-refractivity contribution in [1.29, 1.82) is 0 Å². The van der Waals surface area contributed by atoms with Crippen LogP contribution in [0.25, 0.3) is 6.08 Å². The Morgan fingerprint density at radius 1 is 1.14 bits per heavy atom. The Hall–Kier alpha value is -3.48. The second-order valence-electron chi connectivity index (χ2n) is 6.11. The number of hydrogen-bond acceptors (Lipinski definition) is 5. The maximum atomic E-state index is 12.1. The molecule has 0 saturated heterocycles. The molecular formula is C21H22N2O5. The van der Waals surface area contributed by atoms with Crippen LogP contribution < -0.4 is 5.32 Å². The van der Waals surface area contributed by atoms with E-state index >= 15 is 0 Å². The molecule has 28 heavy (non-hydrogen) atoms. The van der Waals surface area contributed by atoms with Gasteiger partial charge in [-0.1, -0.05) is 43.7 Å². The standard InChI is InChI=1S/C21H22N2O5/c1-2-6-19(17-7-4-3-5-8-17)22-20(24)15-28-21(25)14-11-16-9-12-18(13-10-16)23(26)27/h3-5,7-14,19H,2,6,15H2,1H3,(H,22,24)/b14-11+/t19-/m1/s1. The minimum Gasteiger partial charge on any atom is -0.452 e. The summed E-state index contributed by atoms with van der Waals surface area (Å²) < 4.78 is 4.96. The van der Waals surface area contributed by atoms with Crippen LogP contribution in [0.1, 0.15) is 36.9 Å². The summed E-state index contributed by atoms with van der Waals surface area (Å²) in [6, 6.07) is 15.2. The number of nitro benzene ring substituents is 1. The number of hydrogen-bond donors (Lipinski definition) is 1.